The Morgan fingerprint density at radius 1 is 1.09 bits per heavy atom. The molecule has 2 amide bonds. The van der Waals surface area contributed by atoms with Crippen molar-refractivity contribution in [1.82, 2.24) is 4.90 Å². The van der Waals surface area contributed by atoms with E-state index < -0.39 is 0 Å². The molecule has 0 N–H and O–H groups in total. The fourth-order valence-corrected chi connectivity index (χ4v) is 2.86. The molecule has 0 aromatic heterocycles. The standard InChI is InChI=1S/C18H26N2O2/c1-18(2,3)17(22)20-12-10-14(11-13-20)16(21)19(4)15-8-6-5-7-9-15/h5-9,14H,10-13H2,1-4H3. The molecular weight excluding hydrogens is 276 g/mol. The molecule has 0 atom stereocenters. The number of piperidine rings is 1. The third-order valence-electron chi connectivity index (χ3n) is 4.25. The molecule has 1 aromatic rings. The number of hydrogen-bond acceptors (Lipinski definition) is 2. The van der Waals surface area contributed by atoms with E-state index in [9.17, 15) is 9.59 Å². The monoisotopic (exact) mass is 302 g/mol. The van der Waals surface area contributed by atoms with Crippen LogP contribution < -0.4 is 4.90 Å². The first-order valence-electron chi connectivity index (χ1n) is 7.92. The molecular formula is C18H26N2O2. The Bertz CT molecular complexity index is 526. The van der Waals surface area contributed by atoms with E-state index in [2.05, 4.69) is 0 Å². The first-order chi connectivity index (χ1) is 10.3. The van der Waals surface area contributed by atoms with E-state index in [0.717, 1.165) is 18.5 Å². The van der Waals surface area contributed by atoms with Gasteiger partial charge in [-0.25, -0.2) is 0 Å². The van der Waals surface area contributed by atoms with Crippen LogP contribution in [0.25, 0.3) is 0 Å². The van der Waals surface area contributed by atoms with Crippen molar-refractivity contribution in [3.05, 3.63) is 30.3 Å². The van der Waals surface area contributed by atoms with Gasteiger partial charge in [0.25, 0.3) is 0 Å². The highest BCUT2D eigenvalue weighted by Crippen LogP contribution is 2.25. The highest BCUT2D eigenvalue weighted by atomic mass is 16.2. The van der Waals surface area contributed by atoms with Crippen LogP contribution in [0.3, 0.4) is 0 Å². The lowest BCUT2D eigenvalue weighted by Crippen LogP contribution is -2.47. The first kappa shape index (κ1) is 16.5. The molecule has 1 aromatic carbocycles. The molecule has 1 aliphatic heterocycles. The van der Waals surface area contributed by atoms with Gasteiger partial charge in [0.1, 0.15) is 0 Å². The van der Waals surface area contributed by atoms with Gasteiger partial charge in [-0.1, -0.05) is 39.0 Å². The van der Waals surface area contributed by atoms with Gasteiger partial charge < -0.3 is 9.80 Å². The summed E-state index contributed by atoms with van der Waals surface area (Å²) in [7, 11) is 1.82. The topological polar surface area (TPSA) is 40.6 Å². The quantitative estimate of drug-likeness (QED) is 0.843. The summed E-state index contributed by atoms with van der Waals surface area (Å²) in [5.74, 6) is 0.332. The molecule has 22 heavy (non-hydrogen) atoms. The fraction of sp³-hybridized carbons (Fsp3) is 0.556. The van der Waals surface area contributed by atoms with Gasteiger partial charge in [-0.2, -0.15) is 0 Å². The van der Waals surface area contributed by atoms with E-state index in [1.165, 1.54) is 0 Å². The van der Waals surface area contributed by atoms with Crippen LogP contribution in [-0.2, 0) is 9.59 Å². The molecule has 1 aliphatic rings. The van der Waals surface area contributed by atoms with Crippen molar-refractivity contribution < 1.29 is 9.59 Å². The van der Waals surface area contributed by atoms with Gasteiger partial charge in [0.15, 0.2) is 0 Å². The Morgan fingerprint density at radius 2 is 1.64 bits per heavy atom. The molecule has 0 saturated carbocycles. The van der Waals surface area contributed by atoms with Crippen molar-refractivity contribution in [2.75, 3.05) is 25.0 Å². The lowest BCUT2D eigenvalue weighted by molar-refractivity contribution is -0.142. The summed E-state index contributed by atoms with van der Waals surface area (Å²) in [5.41, 5.74) is 0.568. The molecule has 0 aliphatic carbocycles. The van der Waals surface area contributed by atoms with Crippen molar-refractivity contribution in [1.29, 1.82) is 0 Å². The number of anilines is 1. The summed E-state index contributed by atoms with van der Waals surface area (Å²) >= 11 is 0. The predicted octanol–water partition coefficient (Wildman–Crippen LogP) is 2.93. The van der Waals surface area contributed by atoms with Crippen LogP contribution in [-0.4, -0.2) is 36.9 Å². The van der Waals surface area contributed by atoms with Crippen LogP contribution in [0.15, 0.2) is 30.3 Å². The summed E-state index contributed by atoms with van der Waals surface area (Å²) in [6, 6.07) is 9.69. The lowest BCUT2D eigenvalue weighted by Gasteiger charge is -2.36. The minimum atomic E-state index is -0.350. The van der Waals surface area contributed by atoms with E-state index in [0.29, 0.717) is 13.1 Å². The second-order valence-corrected chi connectivity index (χ2v) is 7.05. The second-order valence-electron chi connectivity index (χ2n) is 7.05. The maximum Gasteiger partial charge on any atom is 0.229 e. The van der Waals surface area contributed by atoms with Crippen molar-refractivity contribution in [2.45, 2.75) is 33.6 Å². The van der Waals surface area contributed by atoms with E-state index in [4.69, 9.17) is 0 Å². The zero-order chi connectivity index (χ0) is 16.3. The molecule has 0 bridgehead atoms. The molecule has 1 heterocycles. The molecule has 0 spiro atoms. The van der Waals surface area contributed by atoms with Crippen LogP contribution in [0.2, 0.25) is 0 Å². The van der Waals surface area contributed by atoms with Crippen LogP contribution in [0.4, 0.5) is 5.69 Å². The van der Waals surface area contributed by atoms with Gasteiger partial charge in [0, 0.05) is 37.2 Å². The van der Waals surface area contributed by atoms with Gasteiger partial charge in [-0.05, 0) is 25.0 Å². The highest BCUT2D eigenvalue weighted by molar-refractivity contribution is 5.94. The number of carbonyl (C=O) groups is 2. The highest BCUT2D eigenvalue weighted by Gasteiger charge is 2.33. The molecule has 1 fully saturated rings. The summed E-state index contributed by atoms with van der Waals surface area (Å²) in [6.45, 7) is 7.17. The van der Waals surface area contributed by atoms with Gasteiger partial charge in [-0.3, -0.25) is 9.59 Å². The average molecular weight is 302 g/mol. The molecule has 1 saturated heterocycles. The Kier molecular flexibility index (Phi) is 4.89. The third kappa shape index (κ3) is 3.67. The fourth-order valence-electron chi connectivity index (χ4n) is 2.86. The summed E-state index contributed by atoms with van der Waals surface area (Å²) < 4.78 is 0. The Hall–Kier alpha value is -1.84. The summed E-state index contributed by atoms with van der Waals surface area (Å²) in [4.78, 5) is 28.5. The second kappa shape index (κ2) is 6.51. The maximum absolute atomic E-state index is 12.6. The van der Waals surface area contributed by atoms with Crippen molar-refractivity contribution >= 4 is 17.5 Å². The number of carbonyl (C=O) groups excluding carboxylic acids is 2. The average Bonchev–Trinajstić information content (AvgIpc) is 2.53. The van der Waals surface area contributed by atoms with Gasteiger partial charge in [0.2, 0.25) is 11.8 Å². The van der Waals surface area contributed by atoms with E-state index in [1.807, 2.05) is 63.1 Å². The molecule has 0 radical (unpaired) electrons. The smallest absolute Gasteiger partial charge is 0.229 e. The van der Waals surface area contributed by atoms with E-state index in [1.54, 1.807) is 4.90 Å². The zero-order valence-corrected chi connectivity index (χ0v) is 14.0. The molecule has 120 valence electrons. The number of nitrogens with zero attached hydrogens (tertiary/aromatic N) is 2. The SMILES string of the molecule is CN(C(=O)C1CCN(C(=O)C(C)(C)C)CC1)c1ccccc1. The number of rotatable bonds is 2. The zero-order valence-electron chi connectivity index (χ0n) is 14.0. The largest absolute Gasteiger partial charge is 0.342 e. The number of amides is 2. The normalized spacial score (nSPS) is 16.5. The van der Waals surface area contributed by atoms with Crippen molar-refractivity contribution in [3.8, 4) is 0 Å². The summed E-state index contributed by atoms with van der Waals surface area (Å²) in [5, 5.41) is 0. The van der Waals surface area contributed by atoms with Crippen molar-refractivity contribution in [2.24, 2.45) is 11.3 Å². The minimum Gasteiger partial charge on any atom is -0.342 e. The molecule has 0 unspecified atom stereocenters. The Morgan fingerprint density at radius 3 is 2.14 bits per heavy atom. The number of benzene rings is 1. The Labute approximate surface area is 133 Å². The third-order valence-corrected chi connectivity index (χ3v) is 4.25. The first-order valence-corrected chi connectivity index (χ1v) is 7.92. The molecule has 4 heteroatoms. The van der Waals surface area contributed by atoms with Crippen LogP contribution in [0.1, 0.15) is 33.6 Å². The summed E-state index contributed by atoms with van der Waals surface area (Å²) in [6.07, 6.45) is 1.50. The van der Waals surface area contributed by atoms with E-state index >= 15 is 0 Å². The lowest BCUT2D eigenvalue weighted by atomic mass is 9.90. The Balaban J connectivity index is 1.94. The van der Waals surface area contributed by atoms with Gasteiger partial charge >= 0.3 is 0 Å². The number of hydrogen-bond donors (Lipinski definition) is 0. The number of likely N-dealkylation sites (tertiary alicyclic amines) is 1. The molecule has 4 nitrogen and oxygen atoms in total. The van der Waals surface area contributed by atoms with Gasteiger partial charge in [-0.15, -0.1) is 0 Å². The number of para-hydroxylation sites is 1. The van der Waals surface area contributed by atoms with Crippen LogP contribution in [0.5, 0.6) is 0 Å². The predicted molar refractivity (Wildman–Crippen MR) is 88.6 cm³/mol. The minimum absolute atomic E-state index is 0.00854. The molecule has 2 rings (SSSR count). The van der Waals surface area contributed by atoms with Gasteiger partial charge in [0.05, 0.1) is 0 Å². The van der Waals surface area contributed by atoms with Crippen LogP contribution in [0, 0.1) is 11.3 Å². The van der Waals surface area contributed by atoms with E-state index in [-0.39, 0.29) is 23.1 Å². The maximum atomic E-state index is 12.6. The van der Waals surface area contributed by atoms with Crippen molar-refractivity contribution in [3.63, 3.8) is 0 Å². The van der Waals surface area contributed by atoms with Crippen LogP contribution >= 0.6 is 0 Å².